The average molecular weight is 234 g/mol. The molecule has 0 aromatic heterocycles. The topological polar surface area (TPSA) is 29.3 Å². The molecule has 0 fully saturated rings. The van der Waals surface area contributed by atoms with Crippen molar-refractivity contribution in [2.45, 2.75) is 33.2 Å². The Morgan fingerprint density at radius 2 is 1.94 bits per heavy atom. The van der Waals surface area contributed by atoms with E-state index in [0.29, 0.717) is 6.04 Å². The summed E-state index contributed by atoms with van der Waals surface area (Å²) in [6, 6.07) is 9.19. The largest absolute Gasteiger partial charge is 0.330 e. The van der Waals surface area contributed by atoms with Crippen molar-refractivity contribution in [3.63, 3.8) is 0 Å². The Morgan fingerprint density at radius 3 is 2.41 bits per heavy atom. The summed E-state index contributed by atoms with van der Waals surface area (Å²) in [5.74, 6) is 0. The van der Waals surface area contributed by atoms with Crippen LogP contribution < -0.4 is 5.73 Å². The van der Waals surface area contributed by atoms with Crippen molar-refractivity contribution < 1.29 is 0 Å². The van der Waals surface area contributed by atoms with Gasteiger partial charge in [-0.15, -0.1) is 0 Å². The normalized spacial score (nSPS) is 14.1. The average Bonchev–Trinajstić information content (AvgIpc) is 2.15. The quantitative estimate of drug-likeness (QED) is 0.848. The molecule has 1 rings (SSSR count). The fourth-order valence-corrected chi connectivity index (χ4v) is 2.80. The maximum absolute atomic E-state index is 5.74. The second kappa shape index (κ2) is 5.65. The van der Waals surface area contributed by atoms with E-state index in [1.807, 2.05) is 0 Å². The molecule has 0 aliphatic rings. The summed E-state index contributed by atoms with van der Waals surface area (Å²) in [6.07, 6.45) is 1.03. The molecule has 1 aromatic rings. The molecular weight excluding hydrogens is 208 g/mol. The van der Waals surface area contributed by atoms with E-state index in [4.69, 9.17) is 5.73 Å². The lowest BCUT2D eigenvalue weighted by atomic mass is 9.77. The smallest absolute Gasteiger partial charge is 0.0393 e. The predicted molar refractivity (Wildman–Crippen MR) is 75.1 cm³/mol. The predicted octanol–water partition coefficient (Wildman–Crippen LogP) is 2.97. The highest BCUT2D eigenvalue weighted by Gasteiger charge is 2.31. The van der Waals surface area contributed by atoms with Crippen LogP contribution in [0.15, 0.2) is 24.3 Å². The molecule has 0 aliphatic carbocycles. The Kier molecular flexibility index (Phi) is 4.72. The molecule has 17 heavy (non-hydrogen) atoms. The number of hydrogen-bond donors (Lipinski definition) is 1. The highest BCUT2D eigenvalue weighted by atomic mass is 15.1. The monoisotopic (exact) mass is 234 g/mol. The van der Waals surface area contributed by atoms with E-state index in [2.05, 4.69) is 64.0 Å². The molecule has 1 atom stereocenters. The second-order valence-corrected chi connectivity index (χ2v) is 5.81. The van der Waals surface area contributed by atoms with Crippen molar-refractivity contribution in [3.05, 3.63) is 35.4 Å². The SMILES string of the molecule is Cc1cccc(C(N(C)C)C(C)(C)CCN)c1. The molecule has 0 aliphatic heterocycles. The molecule has 0 radical (unpaired) electrons. The first-order valence-corrected chi connectivity index (χ1v) is 6.31. The van der Waals surface area contributed by atoms with E-state index >= 15 is 0 Å². The first-order chi connectivity index (χ1) is 7.88. The molecule has 0 amide bonds. The highest BCUT2D eigenvalue weighted by Crippen LogP contribution is 2.39. The van der Waals surface area contributed by atoms with E-state index in [0.717, 1.165) is 13.0 Å². The van der Waals surface area contributed by atoms with Crippen LogP contribution in [0.25, 0.3) is 0 Å². The molecule has 0 bridgehead atoms. The number of hydrogen-bond acceptors (Lipinski definition) is 2. The van der Waals surface area contributed by atoms with Crippen molar-refractivity contribution in [2.75, 3.05) is 20.6 Å². The third-order valence-corrected chi connectivity index (χ3v) is 3.40. The van der Waals surface area contributed by atoms with Crippen molar-refractivity contribution in [1.82, 2.24) is 4.90 Å². The van der Waals surface area contributed by atoms with Crippen LogP contribution >= 0.6 is 0 Å². The van der Waals surface area contributed by atoms with Crippen LogP contribution in [-0.2, 0) is 0 Å². The molecule has 2 nitrogen and oxygen atoms in total. The highest BCUT2D eigenvalue weighted by molar-refractivity contribution is 5.26. The van der Waals surface area contributed by atoms with Crippen molar-refractivity contribution >= 4 is 0 Å². The first-order valence-electron chi connectivity index (χ1n) is 6.31. The van der Waals surface area contributed by atoms with E-state index in [9.17, 15) is 0 Å². The number of nitrogens with two attached hydrogens (primary N) is 1. The lowest BCUT2D eigenvalue weighted by Crippen LogP contribution is -2.35. The van der Waals surface area contributed by atoms with Gasteiger partial charge in [-0.05, 0) is 45.0 Å². The van der Waals surface area contributed by atoms with Crippen molar-refractivity contribution in [1.29, 1.82) is 0 Å². The maximum Gasteiger partial charge on any atom is 0.0393 e. The van der Waals surface area contributed by atoms with Crippen LogP contribution in [0, 0.1) is 12.3 Å². The first kappa shape index (κ1) is 14.2. The third kappa shape index (κ3) is 3.55. The molecule has 0 heterocycles. The number of rotatable bonds is 5. The number of benzene rings is 1. The van der Waals surface area contributed by atoms with Gasteiger partial charge in [0.25, 0.3) is 0 Å². The van der Waals surface area contributed by atoms with E-state index < -0.39 is 0 Å². The lowest BCUT2D eigenvalue weighted by molar-refractivity contribution is 0.128. The zero-order valence-corrected chi connectivity index (χ0v) is 11.8. The van der Waals surface area contributed by atoms with Crippen molar-refractivity contribution in [2.24, 2.45) is 11.1 Å². The standard InChI is InChI=1S/C15H26N2/c1-12-7-6-8-13(11-12)14(17(4)5)15(2,3)9-10-16/h6-8,11,14H,9-10,16H2,1-5H3. The molecule has 0 saturated carbocycles. The maximum atomic E-state index is 5.74. The van der Waals surface area contributed by atoms with E-state index in [1.54, 1.807) is 0 Å². The van der Waals surface area contributed by atoms with Crippen LogP contribution in [0.5, 0.6) is 0 Å². The molecule has 0 saturated heterocycles. The summed E-state index contributed by atoms with van der Waals surface area (Å²) in [7, 11) is 4.29. The summed E-state index contributed by atoms with van der Waals surface area (Å²) in [6.45, 7) is 7.48. The van der Waals surface area contributed by atoms with Gasteiger partial charge in [-0.25, -0.2) is 0 Å². The fourth-order valence-electron chi connectivity index (χ4n) is 2.80. The summed E-state index contributed by atoms with van der Waals surface area (Å²) in [5, 5.41) is 0. The van der Waals surface area contributed by atoms with Gasteiger partial charge in [0.15, 0.2) is 0 Å². The Hall–Kier alpha value is -0.860. The summed E-state index contributed by atoms with van der Waals surface area (Å²) in [5.41, 5.74) is 8.63. The van der Waals surface area contributed by atoms with Crippen LogP contribution in [0.4, 0.5) is 0 Å². The fraction of sp³-hybridized carbons (Fsp3) is 0.600. The molecule has 2 N–H and O–H groups in total. The Bertz CT molecular complexity index is 356. The number of aryl methyl sites for hydroxylation is 1. The molecule has 2 heteroatoms. The van der Waals surface area contributed by atoms with Crippen molar-refractivity contribution in [3.8, 4) is 0 Å². The zero-order valence-electron chi connectivity index (χ0n) is 11.8. The molecule has 96 valence electrons. The van der Waals surface area contributed by atoms with Crippen LogP contribution in [0.1, 0.15) is 37.4 Å². The minimum atomic E-state index is 0.187. The van der Waals surface area contributed by atoms with Gasteiger partial charge in [-0.1, -0.05) is 43.7 Å². The zero-order chi connectivity index (χ0) is 13.1. The van der Waals surface area contributed by atoms with E-state index in [-0.39, 0.29) is 5.41 Å². The molecule has 1 unspecified atom stereocenters. The van der Waals surface area contributed by atoms with Gasteiger partial charge < -0.3 is 10.6 Å². The molecule has 1 aromatic carbocycles. The second-order valence-electron chi connectivity index (χ2n) is 5.81. The Labute approximate surface area is 106 Å². The minimum absolute atomic E-state index is 0.187. The Balaban J connectivity index is 3.09. The van der Waals surface area contributed by atoms with Gasteiger partial charge >= 0.3 is 0 Å². The van der Waals surface area contributed by atoms with Gasteiger partial charge in [0.1, 0.15) is 0 Å². The summed E-state index contributed by atoms with van der Waals surface area (Å²) >= 11 is 0. The Morgan fingerprint density at radius 1 is 1.29 bits per heavy atom. The summed E-state index contributed by atoms with van der Waals surface area (Å²) < 4.78 is 0. The molecular formula is C15H26N2. The van der Waals surface area contributed by atoms with E-state index in [1.165, 1.54) is 11.1 Å². The molecule has 0 spiro atoms. The lowest BCUT2D eigenvalue weighted by Gasteiger charge is -2.39. The van der Waals surface area contributed by atoms with Gasteiger partial charge in [0.05, 0.1) is 0 Å². The van der Waals surface area contributed by atoms with Gasteiger partial charge in [0, 0.05) is 6.04 Å². The van der Waals surface area contributed by atoms with Gasteiger partial charge in [0.2, 0.25) is 0 Å². The van der Waals surface area contributed by atoms with Gasteiger partial charge in [-0.2, -0.15) is 0 Å². The van der Waals surface area contributed by atoms with Crippen LogP contribution in [0.3, 0.4) is 0 Å². The van der Waals surface area contributed by atoms with Crippen LogP contribution in [0.2, 0.25) is 0 Å². The van der Waals surface area contributed by atoms with Crippen LogP contribution in [-0.4, -0.2) is 25.5 Å². The number of nitrogens with zero attached hydrogens (tertiary/aromatic N) is 1. The third-order valence-electron chi connectivity index (χ3n) is 3.40. The summed E-state index contributed by atoms with van der Waals surface area (Å²) in [4.78, 5) is 2.30. The van der Waals surface area contributed by atoms with Gasteiger partial charge in [-0.3, -0.25) is 0 Å². The minimum Gasteiger partial charge on any atom is -0.330 e.